The first kappa shape index (κ1) is 26.1. The van der Waals surface area contributed by atoms with Gasteiger partial charge < -0.3 is 14.6 Å². The Morgan fingerprint density at radius 3 is 2.45 bits per heavy atom. The number of benzene rings is 3. The van der Waals surface area contributed by atoms with Gasteiger partial charge in [0.1, 0.15) is 17.6 Å². The first-order valence-electron chi connectivity index (χ1n) is 12.1. The van der Waals surface area contributed by atoms with Crippen molar-refractivity contribution in [2.45, 2.75) is 48.8 Å². The lowest BCUT2D eigenvalue weighted by molar-refractivity contribution is -0.138. The number of sulfone groups is 1. The number of hydrogen-bond acceptors (Lipinski definition) is 5. The maximum Gasteiger partial charge on any atom is 0.416 e. The summed E-state index contributed by atoms with van der Waals surface area (Å²) in [7, 11) is -3.41. The highest BCUT2D eigenvalue weighted by Crippen LogP contribution is 2.44. The SMILES string of the molecule is CS(=O)(=O)c1ccc(Cc2c(C(F)(F)F)ccc3c2CC[C@H]3Oc2ccc3c(c2)OCC3CC(=O)O)cc1. The van der Waals surface area contributed by atoms with Gasteiger partial charge in [-0.1, -0.05) is 24.3 Å². The van der Waals surface area contributed by atoms with Gasteiger partial charge in [0, 0.05) is 23.8 Å². The number of hydrogen-bond donors (Lipinski definition) is 1. The van der Waals surface area contributed by atoms with Crippen molar-refractivity contribution in [1.82, 2.24) is 0 Å². The van der Waals surface area contributed by atoms with E-state index >= 15 is 0 Å². The number of aliphatic carboxylic acids is 1. The maximum absolute atomic E-state index is 14.0. The second kappa shape index (κ2) is 9.65. The smallest absolute Gasteiger partial charge is 0.416 e. The Bertz CT molecular complexity index is 1500. The molecule has 10 heteroatoms. The van der Waals surface area contributed by atoms with E-state index in [1.54, 1.807) is 30.3 Å². The van der Waals surface area contributed by atoms with Crippen molar-refractivity contribution in [1.29, 1.82) is 0 Å². The van der Waals surface area contributed by atoms with Crippen LogP contribution in [0.4, 0.5) is 13.2 Å². The highest BCUT2D eigenvalue weighted by atomic mass is 32.2. The number of alkyl halides is 3. The minimum absolute atomic E-state index is 0.00638. The quantitative estimate of drug-likeness (QED) is 0.408. The van der Waals surface area contributed by atoms with Crippen LogP contribution in [0.15, 0.2) is 59.5 Å². The number of carboxylic acids is 1. The molecule has 0 saturated carbocycles. The summed E-state index contributed by atoms with van der Waals surface area (Å²) in [6.07, 6.45) is -3.04. The largest absolute Gasteiger partial charge is 0.492 e. The lowest BCUT2D eigenvalue weighted by Crippen LogP contribution is -2.13. The van der Waals surface area contributed by atoms with E-state index in [1.807, 2.05) is 0 Å². The van der Waals surface area contributed by atoms with Crippen molar-refractivity contribution in [3.63, 3.8) is 0 Å². The molecule has 0 radical (unpaired) electrons. The van der Waals surface area contributed by atoms with Crippen LogP contribution in [0.3, 0.4) is 0 Å². The first-order valence-corrected chi connectivity index (χ1v) is 14.0. The average Bonchev–Trinajstić information content (AvgIpc) is 3.42. The fourth-order valence-corrected chi connectivity index (χ4v) is 5.89. The highest BCUT2D eigenvalue weighted by Gasteiger charge is 2.37. The van der Waals surface area contributed by atoms with Gasteiger partial charge in [-0.15, -0.1) is 0 Å². The van der Waals surface area contributed by atoms with Gasteiger partial charge in [0.05, 0.1) is 23.5 Å². The number of ether oxygens (including phenoxy) is 2. The van der Waals surface area contributed by atoms with Gasteiger partial charge >= 0.3 is 12.1 Å². The summed E-state index contributed by atoms with van der Waals surface area (Å²) >= 11 is 0. The van der Waals surface area contributed by atoms with Gasteiger partial charge in [0.25, 0.3) is 0 Å². The molecule has 0 amide bonds. The summed E-state index contributed by atoms with van der Waals surface area (Å²) in [5.41, 5.74) is 2.11. The van der Waals surface area contributed by atoms with Crippen molar-refractivity contribution in [3.8, 4) is 11.5 Å². The summed E-state index contributed by atoms with van der Waals surface area (Å²) < 4.78 is 77.2. The Balaban J connectivity index is 1.42. The molecule has 2 aliphatic rings. The van der Waals surface area contributed by atoms with E-state index in [4.69, 9.17) is 14.6 Å². The normalized spacial score (nSPS) is 18.5. The number of fused-ring (bicyclic) bond motifs is 2. The van der Waals surface area contributed by atoms with Gasteiger partial charge in [-0.3, -0.25) is 4.79 Å². The minimum Gasteiger partial charge on any atom is -0.492 e. The van der Waals surface area contributed by atoms with Crippen LogP contribution in [0.2, 0.25) is 0 Å². The molecule has 1 heterocycles. The third-order valence-electron chi connectivity index (χ3n) is 7.07. The van der Waals surface area contributed by atoms with E-state index < -0.39 is 33.7 Å². The molecule has 0 fully saturated rings. The van der Waals surface area contributed by atoms with Gasteiger partial charge in [-0.25, -0.2) is 8.42 Å². The van der Waals surface area contributed by atoms with Crippen LogP contribution in [0.5, 0.6) is 11.5 Å². The van der Waals surface area contributed by atoms with Crippen molar-refractivity contribution >= 4 is 15.8 Å². The maximum atomic E-state index is 14.0. The molecule has 0 aromatic heterocycles. The standard InChI is InChI=1S/C28H25F3O6S/c1-38(34,35)19-5-2-16(3-6-19)12-23-21-9-11-25(22(21)8-10-24(23)28(29,30)31)37-18-4-7-20-17(13-27(32)33)15-36-26(20)14-18/h2-8,10,14,17,25H,9,11-13,15H2,1H3,(H,32,33)/t17?,25-/m1/s1. The molecule has 1 N–H and O–H groups in total. The average molecular weight is 547 g/mol. The Kier molecular flexibility index (Phi) is 6.63. The molecule has 1 aliphatic carbocycles. The van der Waals surface area contributed by atoms with Crippen molar-refractivity contribution in [3.05, 3.63) is 88.0 Å². The van der Waals surface area contributed by atoms with E-state index in [-0.39, 0.29) is 35.8 Å². The van der Waals surface area contributed by atoms with Crippen molar-refractivity contribution in [2.75, 3.05) is 12.9 Å². The van der Waals surface area contributed by atoms with Crippen LogP contribution in [-0.4, -0.2) is 32.4 Å². The lowest BCUT2D eigenvalue weighted by atomic mass is 9.92. The zero-order valence-corrected chi connectivity index (χ0v) is 21.2. The van der Waals surface area contributed by atoms with Crippen molar-refractivity contribution in [2.24, 2.45) is 0 Å². The van der Waals surface area contributed by atoms with Crippen LogP contribution in [0.25, 0.3) is 0 Å². The topological polar surface area (TPSA) is 89.9 Å². The van der Waals surface area contributed by atoms with E-state index in [9.17, 15) is 26.4 Å². The Hall–Kier alpha value is -3.53. The predicted molar refractivity (Wildman–Crippen MR) is 132 cm³/mol. The van der Waals surface area contributed by atoms with Crippen molar-refractivity contribution < 1.29 is 41.0 Å². The summed E-state index contributed by atoms with van der Waals surface area (Å²) in [5, 5.41) is 9.09. The molecule has 0 bridgehead atoms. The van der Waals surface area contributed by atoms with E-state index in [0.717, 1.165) is 17.9 Å². The highest BCUT2D eigenvalue weighted by molar-refractivity contribution is 7.90. The fourth-order valence-electron chi connectivity index (χ4n) is 5.26. The zero-order chi connectivity index (χ0) is 27.2. The summed E-state index contributed by atoms with van der Waals surface area (Å²) in [6.45, 7) is 0.270. The summed E-state index contributed by atoms with van der Waals surface area (Å²) in [6, 6.07) is 13.7. The van der Waals surface area contributed by atoms with Gasteiger partial charge in [0.15, 0.2) is 9.84 Å². The molecule has 0 saturated heterocycles. The molecule has 6 nitrogen and oxygen atoms in total. The fraction of sp³-hybridized carbons (Fsp3) is 0.321. The Labute approximate surface area is 217 Å². The molecule has 5 rings (SSSR count). The van der Waals surface area contributed by atoms with E-state index in [2.05, 4.69) is 0 Å². The van der Waals surface area contributed by atoms with Gasteiger partial charge in [0.2, 0.25) is 0 Å². The summed E-state index contributed by atoms with van der Waals surface area (Å²) in [4.78, 5) is 11.2. The predicted octanol–water partition coefficient (Wildman–Crippen LogP) is 5.72. The van der Waals surface area contributed by atoms with Gasteiger partial charge in [-0.05, 0) is 65.8 Å². The number of rotatable bonds is 7. The molecule has 2 atom stereocenters. The molecular formula is C28H25F3O6S. The molecule has 1 aliphatic heterocycles. The molecule has 1 unspecified atom stereocenters. The number of halogens is 3. The molecule has 3 aromatic rings. The van der Waals surface area contributed by atoms with Gasteiger partial charge in [-0.2, -0.15) is 13.2 Å². The molecule has 3 aromatic carbocycles. The molecule has 200 valence electrons. The minimum atomic E-state index is -4.54. The van der Waals surface area contributed by atoms with E-state index in [0.29, 0.717) is 41.0 Å². The van der Waals surface area contributed by atoms with Crippen LogP contribution in [-0.2, 0) is 33.6 Å². The van der Waals surface area contributed by atoms with Crippen LogP contribution in [0.1, 0.15) is 58.2 Å². The monoisotopic (exact) mass is 546 g/mol. The number of carboxylic acid groups (broad SMARTS) is 1. The second-order valence-electron chi connectivity index (χ2n) is 9.70. The van der Waals surface area contributed by atoms with Crippen LogP contribution < -0.4 is 9.47 Å². The zero-order valence-electron chi connectivity index (χ0n) is 20.4. The molecule has 0 spiro atoms. The van der Waals surface area contributed by atoms with Crippen LogP contribution in [0, 0.1) is 0 Å². The number of carbonyl (C=O) groups is 1. The molecule has 38 heavy (non-hydrogen) atoms. The molecular weight excluding hydrogens is 521 g/mol. The van der Waals surface area contributed by atoms with E-state index in [1.165, 1.54) is 18.2 Å². The third-order valence-corrected chi connectivity index (χ3v) is 8.20. The summed E-state index contributed by atoms with van der Waals surface area (Å²) in [5.74, 6) is -0.0960. The second-order valence-corrected chi connectivity index (χ2v) is 11.7. The third kappa shape index (κ3) is 5.22. The Morgan fingerprint density at radius 1 is 1.08 bits per heavy atom. The Morgan fingerprint density at radius 2 is 1.79 bits per heavy atom. The first-order chi connectivity index (χ1) is 17.9. The lowest BCUT2D eigenvalue weighted by Gasteiger charge is -2.20. The van der Waals surface area contributed by atoms with Crippen LogP contribution >= 0.6 is 0 Å².